The molecule has 1 heterocycles. The van der Waals surface area contributed by atoms with Crippen LogP contribution >= 0.6 is 0 Å². The first kappa shape index (κ1) is 12.5. The number of aromatic nitrogens is 2. The highest BCUT2D eigenvalue weighted by molar-refractivity contribution is 5.08. The lowest BCUT2D eigenvalue weighted by molar-refractivity contribution is -0.112. The maximum absolute atomic E-state index is 5.98. The largest absolute Gasteiger partial charge is 0.350 e. The van der Waals surface area contributed by atoms with E-state index in [-0.39, 0.29) is 11.8 Å². The van der Waals surface area contributed by atoms with E-state index in [1.54, 1.807) is 20.4 Å². The van der Waals surface area contributed by atoms with Crippen LogP contribution in [0, 0.1) is 0 Å². The van der Waals surface area contributed by atoms with Crippen molar-refractivity contribution in [1.82, 2.24) is 9.55 Å². The van der Waals surface area contributed by atoms with Crippen LogP contribution in [0.4, 0.5) is 0 Å². The highest BCUT2D eigenvalue weighted by Crippen LogP contribution is 2.37. The molecular formula is C12H21N3O2. The molecule has 0 aliphatic heterocycles. The molecule has 17 heavy (non-hydrogen) atoms. The third kappa shape index (κ3) is 2.10. The third-order valence-corrected chi connectivity index (χ3v) is 3.76. The average Bonchev–Trinajstić information content (AvgIpc) is 2.99. The number of rotatable bonds is 5. The molecule has 2 N–H and O–H groups in total. The molecule has 5 nitrogen and oxygen atoms in total. The second-order valence-corrected chi connectivity index (χ2v) is 4.63. The summed E-state index contributed by atoms with van der Waals surface area (Å²) in [7, 11) is 3.27. The maximum atomic E-state index is 5.98. The summed E-state index contributed by atoms with van der Waals surface area (Å²) < 4.78 is 12.8. The lowest BCUT2D eigenvalue weighted by Gasteiger charge is -2.32. The van der Waals surface area contributed by atoms with E-state index in [2.05, 4.69) is 9.55 Å². The SMILES string of the molecule is COC(OC)c1cncn1C1(CN)CCCC1. The van der Waals surface area contributed by atoms with Crippen molar-refractivity contribution in [3.05, 3.63) is 18.2 Å². The molecule has 0 amide bonds. The normalized spacial score (nSPS) is 19.1. The quantitative estimate of drug-likeness (QED) is 0.789. The minimum Gasteiger partial charge on any atom is -0.350 e. The molecule has 0 radical (unpaired) electrons. The van der Waals surface area contributed by atoms with Gasteiger partial charge in [0, 0.05) is 20.8 Å². The number of hydrogen-bond donors (Lipinski definition) is 1. The average molecular weight is 239 g/mol. The second kappa shape index (κ2) is 5.16. The van der Waals surface area contributed by atoms with Gasteiger partial charge in [-0.15, -0.1) is 0 Å². The van der Waals surface area contributed by atoms with E-state index in [1.165, 1.54) is 12.8 Å². The Balaban J connectivity index is 2.35. The van der Waals surface area contributed by atoms with E-state index in [4.69, 9.17) is 15.2 Å². The van der Waals surface area contributed by atoms with Crippen molar-refractivity contribution in [3.8, 4) is 0 Å². The zero-order chi connectivity index (χ0) is 12.3. The van der Waals surface area contributed by atoms with E-state index in [0.29, 0.717) is 6.54 Å². The van der Waals surface area contributed by atoms with Crippen LogP contribution in [0.2, 0.25) is 0 Å². The molecule has 1 aliphatic rings. The molecule has 2 rings (SSSR count). The molecule has 0 unspecified atom stereocenters. The minimum atomic E-state index is -0.374. The Kier molecular flexibility index (Phi) is 3.81. The fraction of sp³-hybridized carbons (Fsp3) is 0.750. The summed E-state index contributed by atoms with van der Waals surface area (Å²) in [5, 5.41) is 0. The Bertz CT molecular complexity index is 354. The summed E-state index contributed by atoms with van der Waals surface area (Å²) >= 11 is 0. The summed E-state index contributed by atoms with van der Waals surface area (Å²) in [4.78, 5) is 4.22. The molecule has 1 fully saturated rings. The Morgan fingerprint density at radius 3 is 2.59 bits per heavy atom. The van der Waals surface area contributed by atoms with Crippen LogP contribution in [0.15, 0.2) is 12.5 Å². The monoisotopic (exact) mass is 239 g/mol. The summed E-state index contributed by atoms with van der Waals surface area (Å²) in [5.74, 6) is 0. The predicted molar refractivity (Wildman–Crippen MR) is 64.5 cm³/mol. The fourth-order valence-corrected chi connectivity index (χ4v) is 2.79. The van der Waals surface area contributed by atoms with Crippen LogP contribution in [-0.4, -0.2) is 30.3 Å². The van der Waals surface area contributed by atoms with Gasteiger partial charge in [0.25, 0.3) is 0 Å². The second-order valence-electron chi connectivity index (χ2n) is 4.63. The smallest absolute Gasteiger partial charge is 0.200 e. The molecule has 1 saturated carbocycles. The van der Waals surface area contributed by atoms with Crippen LogP contribution in [-0.2, 0) is 15.0 Å². The van der Waals surface area contributed by atoms with Crippen molar-refractivity contribution in [1.29, 1.82) is 0 Å². The third-order valence-electron chi connectivity index (χ3n) is 3.76. The molecule has 0 atom stereocenters. The van der Waals surface area contributed by atoms with Gasteiger partial charge >= 0.3 is 0 Å². The van der Waals surface area contributed by atoms with E-state index in [0.717, 1.165) is 18.5 Å². The summed E-state index contributed by atoms with van der Waals surface area (Å²) in [6.45, 7) is 0.635. The molecule has 1 aromatic rings. The topological polar surface area (TPSA) is 62.3 Å². The number of nitrogens with zero attached hydrogens (tertiary/aromatic N) is 2. The predicted octanol–water partition coefficient (Wildman–Crippen LogP) is 1.40. The van der Waals surface area contributed by atoms with Crippen molar-refractivity contribution in [2.24, 2.45) is 5.73 Å². The Labute approximate surface area is 102 Å². The Morgan fingerprint density at radius 1 is 1.41 bits per heavy atom. The molecule has 0 bridgehead atoms. The molecule has 96 valence electrons. The van der Waals surface area contributed by atoms with Crippen molar-refractivity contribution in [2.75, 3.05) is 20.8 Å². The number of methoxy groups -OCH3 is 2. The van der Waals surface area contributed by atoms with Crippen LogP contribution < -0.4 is 5.73 Å². The number of ether oxygens (including phenoxy) is 2. The van der Waals surface area contributed by atoms with E-state index in [9.17, 15) is 0 Å². The molecule has 0 aromatic carbocycles. The number of hydrogen-bond acceptors (Lipinski definition) is 4. The van der Waals surface area contributed by atoms with Gasteiger partial charge in [0.2, 0.25) is 0 Å². The first-order chi connectivity index (χ1) is 8.27. The summed E-state index contributed by atoms with van der Waals surface area (Å²) in [5.41, 5.74) is 6.93. The maximum Gasteiger partial charge on any atom is 0.200 e. The first-order valence-electron chi connectivity index (χ1n) is 6.06. The highest BCUT2D eigenvalue weighted by Gasteiger charge is 2.36. The van der Waals surface area contributed by atoms with Gasteiger partial charge in [-0.1, -0.05) is 12.8 Å². The lowest BCUT2D eigenvalue weighted by Crippen LogP contribution is -2.39. The lowest BCUT2D eigenvalue weighted by atomic mass is 9.97. The summed E-state index contributed by atoms with van der Waals surface area (Å²) in [6.07, 6.45) is 7.92. The van der Waals surface area contributed by atoms with E-state index in [1.807, 2.05) is 6.33 Å². The van der Waals surface area contributed by atoms with Gasteiger partial charge in [-0.3, -0.25) is 0 Å². The minimum absolute atomic E-state index is 0.00113. The van der Waals surface area contributed by atoms with Crippen molar-refractivity contribution in [2.45, 2.75) is 37.5 Å². The van der Waals surface area contributed by atoms with Crippen LogP contribution in [0.1, 0.15) is 37.7 Å². The van der Waals surface area contributed by atoms with Crippen molar-refractivity contribution >= 4 is 0 Å². The standard InChI is InChI=1S/C12H21N3O2/c1-16-11(17-2)10-7-14-9-15(10)12(8-13)5-3-4-6-12/h7,9,11H,3-6,8,13H2,1-2H3. The van der Waals surface area contributed by atoms with Gasteiger partial charge in [0.15, 0.2) is 6.29 Å². The molecule has 1 aromatic heterocycles. The zero-order valence-corrected chi connectivity index (χ0v) is 10.6. The molecular weight excluding hydrogens is 218 g/mol. The van der Waals surface area contributed by atoms with Crippen LogP contribution in [0.5, 0.6) is 0 Å². The molecule has 0 spiro atoms. The summed E-state index contributed by atoms with van der Waals surface area (Å²) in [6, 6.07) is 0. The fourth-order valence-electron chi connectivity index (χ4n) is 2.79. The molecule has 0 saturated heterocycles. The van der Waals surface area contributed by atoms with Gasteiger partial charge in [-0.05, 0) is 12.8 Å². The van der Waals surface area contributed by atoms with Crippen molar-refractivity contribution in [3.63, 3.8) is 0 Å². The van der Waals surface area contributed by atoms with Crippen LogP contribution in [0.3, 0.4) is 0 Å². The van der Waals surface area contributed by atoms with E-state index < -0.39 is 0 Å². The first-order valence-corrected chi connectivity index (χ1v) is 6.06. The number of nitrogens with two attached hydrogens (primary N) is 1. The van der Waals surface area contributed by atoms with Gasteiger partial charge in [0.05, 0.1) is 23.8 Å². The Morgan fingerprint density at radius 2 is 2.06 bits per heavy atom. The molecule has 5 heteroatoms. The highest BCUT2D eigenvalue weighted by atomic mass is 16.7. The van der Waals surface area contributed by atoms with Gasteiger partial charge < -0.3 is 19.8 Å². The number of imidazole rings is 1. The van der Waals surface area contributed by atoms with Gasteiger partial charge in [0.1, 0.15) is 0 Å². The van der Waals surface area contributed by atoms with Gasteiger partial charge in [-0.25, -0.2) is 4.98 Å². The van der Waals surface area contributed by atoms with Gasteiger partial charge in [-0.2, -0.15) is 0 Å². The zero-order valence-electron chi connectivity index (χ0n) is 10.6. The van der Waals surface area contributed by atoms with Crippen LogP contribution in [0.25, 0.3) is 0 Å². The Hall–Kier alpha value is -0.910. The van der Waals surface area contributed by atoms with Crippen molar-refractivity contribution < 1.29 is 9.47 Å². The molecule has 1 aliphatic carbocycles. The van der Waals surface area contributed by atoms with E-state index >= 15 is 0 Å².